The minimum Gasteiger partial charge on any atom is -0.444 e. The lowest BCUT2D eigenvalue weighted by Gasteiger charge is -2.19. The van der Waals surface area contributed by atoms with Gasteiger partial charge < -0.3 is 15.4 Å². The maximum atomic E-state index is 12.7. The van der Waals surface area contributed by atoms with E-state index in [-0.39, 0.29) is 23.5 Å². The van der Waals surface area contributed by atoms with Crippen LogP contribution in [0.15, 0.2) is 47.4 Å². The number of sulfonamides is 1. The summed E-state index contributed by atoms with van der Waals surface area (Å²) in [5.74, 6) is -0.434. The first kappa shape index (κ1) is 24.2. The van der Waals surface area contributed by atoms with Gasteiger partial charge in [-0.3, -0.25) is 9.52 Å². The van der Waals surface area contributed by atoms with Crippen LogP contribution in [0.1, 0.15) is 42.3 Å². The zero-order chi connectivity index (χ0) is 23.2. The summed E-state index contributed by atoms with van der Waals surface area (Å²) in [4.78, 5) is 24.2. The largest absolute Gasteiger partial charge is 0.444 e. The predicted molar refractivity (Wildman–Crippen MR) is 120 cm³/mol. The fraction of sp³-hybridized carbons (Fsp3) is 0.364. The number of benzene rings is 2. The summed E-state index contributed by atoms with van der Waals surface area (Å²) in [6.07, 6.45) is -0.576. The molecule has 0 unspecified atom stereocenters. The van der Waals surface area contributed by atoms with Crippen LogP contribution in [0.3, 0.4) is 0 Å². The molecule has 0 aliphatic rings. The molecule has 2 aromatic carbocycles. The summed E-state index contributed by atoms with van der Waals surface area (Å²) < 4.78 is 33.1. The summed E-state index contributed by atoms with van der Waals surface area (Å²) in [6, 6.07) is 11.4. The fourth-order valence-electron chi connectivity index (χ4n) is 2.69. The minimum absolute atomic E-state index is 0.0170. The highest BCUT2D eigenvalue weighted by molar-refractivity contribution is 7.92. The normalized spacial score (nSPS) is 11.5. The fourth-order valence-corrected chi connectivity index (χ4v) is 3.76. The summed E-state index contributed by atoms with van der Waals surface area (Å²) in [7, 11) is -3.86. The molecule has 0 heterocycles. The van der Waals surface area contributed by atoms with Gasteiger partial charge in [0, 0.05) is 24.3 Å². The molecule has 0 fully saturated rings. The molecule has 0 aliphatic carbocycles. The van der Waals surface area contributed by atoms with Gasteiger partial charge in [0.25, 0.3) is 15.9 Å². The molecule has 2 rings (SSSR count). The van der Waals surface area contributed by atoms with Gasteiger partial charge in [-0.05, 0) is 70.0 Å². The Hall–Kier alpha value is -3.07. The topological polar surface area (TPSA) is 114 Å². The molecule has 8 nitrogen and oxygen atoms in total. The van der Waals surface area contributed by atoms with Crippen LogP contribution in [-0.2, 0) is 14.8 Å². The molecule has 2 aromatic rings. The van der Waals surface area contributed by atoms with Crippen LogP contribution in [0.25, 0.3) is 0 Å². The Balaban J connectivity index is 2.03. The van der Waals surface area contributed by atoms with E-state index in [4.69, 9.17) is 4.74 Å². The number of nitrogens with one attached hydrogen (secondary N) is 3. The quantitative estimate of drug-likeness (QED) is 0.563. The third-order valence-electron chi connectivity index (χ3n) is 4.11. The molecule has 0 saturated heterocycles. The van der Waals surface area contributed by atoms with Gasteiger partial charge in [-0.15, -0.1) is 0 Å². The summed E-state index contributed by atoms with van der Waals surface area (Å²) in [6.45, 7) is 9.19. The molecule has 0 spiro atoms. The van der Waals surface area contributed by atoms with Gasteiger partial charge in [-0.25, -0.2) is 13.2 Å². The first-order valence-electron chi connectivity index (χ1n) is 9.82. The van der Waals surface area contributed by atoms with E-state index in [1.54, 1.807) is 52.0 Å². The molecule has 3 N–H and O–H groups in total. The van der Waals surface area contributed by atoms with Gasteiger partial charge in [0.15, 0.2) is 0 Å². The van der Waals surface area contributed by atoms with Crippen molar-refractivity contribution in [3.63, 3.8) is 0 Å². The first-order valence-corrected chi connectivity index (χ1v) is 11.3. The Labute approximate surface area is 183 Å². The molecule has 0 aromatic heterocycles. The smallest absolute Gasteiger partial charge is 0.407 e. The predicted octanol–water partition coefficient (Wildman–Crippen LogP) is 3.36. The Kier molecular flexibility index (Phi) is 7.67. The molecule has 0 radical (unpaired) electrons. The zero-order valence-electron chi connectivity index (χ0n) is 18.4. The van der Waals surface area contributed by atoms with Crippen LogP contribution in [0.2, 0.25) is 0 Å². The third-order valence-corrected chi connectivity index (χ3v) is 5.49. The van der Waals surface area contributed by atoms with Crippen LogP contribution in [0.5, 0.6) is 0 Å². The SMILES string of the molecule is Cc1cccc(NS(=O)(=O)c2ccc(C)c(C(=O)NCCNC(=O)OC(C)(C)C)c2)c1. The Bertz CT molecular complexity index is 1060. The van der Waals surface area contributed by atoms with E-state index in [1.807, 2.05) is 13.0 Å². The second kappa shape index (κ2) is 9.82. The molecular weight excluding hydrogens is 418 g/mol. The maximum Gasteiger partial charge on any atom is 0.407 e. The monoisotopic (exact) mass is 447 g/mol. The van der Waals surface area contributed by atoms with Crippen LogP contribution < -0.4 is 15.4 Å². The van der Waals surface area contributed by atoms with E-state index in [0.29, 0.717) is 11.3 Å². The molecule has 31 heavy (non-hydrogen) atoms. The lowest BCUT2D eigenvalue weighted by molar-refractivity contribution is 0.0526. The van der Waals surface area contributed by atoms with Crippen molar-refractivity contribution in [3.8, 4) is 0 Å². The van der Waals surface area contributed by atoms with E-state index in [9.17, 15) is 18.0 Å². The third kappa shape index (κ3) is 7.60. The lowest BCUT2D eigenvalue weighted by Crippen LogP contribution is -2.38. The molecule has 0 bridgehead atoms. The van der Waals surface area contributed by atoms with Crippen LogP contribution in [0, 0.1) is 13.8 Å². The first-order chi connectivity index (χ1) is 14.4. The molecule has 2 amide bonds. The van der Waals surface area contributed by atoms with Crippen molar-refractivity contribution < 1.29 is 22.7 Å². The van der Waals surface area contributed by atoms with E-state index in [0.717, 1.165) is 5.56 Å². The van der Waals surface area contributed by atoms with Gasteiger partial charge in [0.05, 0.1) is 4.90 Å². The molecule has 168 valence electrons. The van der Waals surface area contributed by atoms with Crippen molar-refractivity contribution in [2.75, 3.05) is 17.8 Å². The van der Waals surface area contributed by atoms with Crippen molar-refractivity contribution >= 4 is 27.7 Å². The second-order valence-electron chi connectivity index (χ2n) is 8.14. The Morgan fingerprint density at radius 3 is 2.29 bits per heavy atom. The van der Waals surface area contributed by atoms with Crippen LogP contribution in [-0.4, -0.2) is 39.1 Å². The lowest BCUT2D eigenvalue weighted by atomic mass is 10.1. The van der Waals surface area contributed by atoms with Gasteiger partial charge in [0.2, 0.25) is 0 Å². The van der Waals surface area contributed by atoms with Gasteiger partial charge in [-0.1, -0.05) is 18.2 Å². The molecule has 0 saturated carbocycles. The van der Waals surface area contributed by atoms with E-state index in [1.165, 1.54) is 12.1 Å². The average Bonchev–Trinajstić information content (AvgIpc) is 2.63. The molecule has 9 heteroatoms. The number of hydrogen-bond donors (Lipinski definition) is 3. The van der Waals surface area contributed by atoms with Crippen LogP contribution in [0.4, 0.5) is 10.5 Å². The molecular formula is C22H29N3O5S. The van der Waals surface area contributed by atoms with Crippen molar-refractivity contribution in [1.82, 2.24) is 10.6 Å². The number of carbonyl (C=O) groups is 2. The Morgan fingerprint density at radius 2 is 1.65 bits per heavy atom. The highest BCUT2D eigenvalue weighted by atomic mass is 32.2. The van der Waals surface area contributed by atoms with E-state index >= 15 is 0 Å². The summed E-state index contributed by atoms with van der Waals surface area (Å²) >= 11 is 0. The second-order valence-corrected chi connectivity index (χ2v) is 9.82. The van der Waals surface area contributed by atoms with Crippen molar-refractivity contribution in [1.29, 1.82) is 0 Å². The number of carbonyl (C=O) groups excluding carboxylic acids is 2. The highest BCUT2D eigenvalue weighted by Crippen LogP contribution is 2.20. The number of ether oxygens (including phenoxy) is 1. The van der Waals surface area contributed by atoms with Gasteiger partial charge in [-0.2, -0.15) is 0 Å². The highest BCUT2D eigenvalue weighted by Gasteiger charge is 2.19. The van der Waals surface area contributed by atoms with Gasteiger partial charge >= 0.3 is 6.09 Å². The molecule has 0 aliphatic heterocycles. The number of alkyl carbamates (subject to hydrolysis) is 1. The number of aryl methyl sites for hydroxylation is 2. The number of hydrogen-bond acceptors (Lipinski definition) is 5. The van der Waals surface area contributed by atoms with Crippen molar-refractivity contribution in [2.45, 2.75) is 45.1 Å². The zero-order valence-corrected chi connectivity index (χ0v) is 19.2. The van der Waals surface area contributed by atoms with Gasteiger partial charge in [0.1, 0.15) is 5.60 Å². The summed E-state index contributed by atoms with van der Waals surface area (Å²) in [5, 5.41) is 5.22. The summed E-state index contributed by atoms with van der Waals surface area (Å²) in [5.41, 5.74) is 1.63. The van der Waals surface area contributed by atoms with E-state index < -0.39 is 27.6 Å². The number of amides is 2. The average molecular weight is 448 g/mol. The van der Waals surface area contributed by atoms with Crippen LogP contribution >= 0.6 is 0 Å². The van der Waals surface area contributed by atoms with Crippen molar-refractivity contribution in [2.24, 2.45) is 0 Å². The molecule has 0 atom stereocenters. The van der Waals surface area contributed by atoms with Crippen molar-refractivity contribution in [3.05, 3.63) is 59.2 Å². The maximum absolute atomic E-state index is 12.7. The number of rotatable bonds is 7. The minimum atomic E-state index is -3.86. The number of anilines is 1. The Morgan fingerprint density at radius 1 is 0.968 bits per heavy atom. The van der Waals surface area contributed by atoms with E-state index in [2.05, 4.69) is 15.4 Å². The standard InChI is InChI=1S/C22H29N3O5S/c1-15-7-6-8-17(13-15)25-31(28,29)18-10-9-16(2)19(14-18)20(26)23-11-12-24-21(27)30-22(3,4)5/h6-10,13-14,25H,11-12H2,1-5H3,(H,23,26)(H,24,27).